The molecule has 2 heterocycles. The van der Waals surface area contributed by atoms with Crippen LogP contribution in [0.3, 0.4) is 0 Å². The Morgan fingerprint density at radius 1 is 1.50 bits per heavy atom. The van der Waals surface area contributed by atoms with Crippen molar-refractivity contribution in [2.45, 2.75) is 13.5 Å². The van der Waals surface area contributed by atoms with Gasteiger partial charge in [0.25, 0.3) is 0 Å². The number of amides is 1. The van der Waals surface area contributed by atoms with Crippen molar-refractivity contribution >= 4 is 27.5 Å². The Morgan fingerprint density at radius 3 is 3.00 bits per heavy atom. The number of ether oxygens (including phenoxy) is 1. The lowest BCUT2D eigenvalue weighted by atomic mass is 10.3. The second-order valence-electron chi connectivity index (χ2n) is 5.02. The molecule has 3 aromatic rings. The number of terminal acetylenes is 1. The number of nitrogens with zero attached hydrogens (tertiary/aromatic N) is 4. The molecule has 0 fully saturated rings. The highest BCUT2D eigenvalue weighted by atomic mass is 32.1. The molecular weight excluding hydrogens is 324 g/mol. The standard InChI is InChI=1S/C17H16N4O2S/c1-4-9-21-13-7-6-12(23-5-2)11-14(13)24-17(21)19-16(22)15-18-8-10-20(15)3/h1,6-8,10-11H,5,9H2,2-3H3. The fourth-order valence-electron chi connectivity index (χ4n) is 2.35. The summed E-state index contributed by atoms with van der Waals surface area (Å²) in [4.78, 5) is 21.2. The molecule has 3 rings (SSSR count). The van der Waals surface area contributed by atoms with Crippen LogP contribution in [0.5, 0.6) is 5.75 Å². The van der Waals surface area contributed by atoms with Gasteiger partial charge in [-0.25, -0.2) is 4.98 Å². The molecule has 0 radical (unpaired) electrons. The van der Waals surface area contributed by atoms with Gasteiger partial charge in [0.15, 0.2) is 4.80 Å². The molecule has 0 atom stereocenters. The summed E-state index contributed by atoms with van der Waals surface area (Å²) in [5.41, 5.74) is 0.924. The van der Waals surface area contributed by atoms with Crippen molar-refractivity contribution in [1.29, 1.82) is 0 Å². The highest BCUT2D eigenvalue weighted by Gasteiger charge is 2.12. The first-order valence-electron chi connectivity index (χ1n) is 7.40. The average molecular weight is 340 g/mol. The molecule has 0 saturated carbocycles. The number of thiazole rings is 1. The van der Waals surface area contributed by atoms with E-state index in [1.807, 2.05) is 29.7 Å². The van der Waals surface area contributed by atoms with Crippen LogP contribution in [-0.4, -0.2) is 26.6 Å². The zero-order valence-corrected chi connectivity index (χ0v) is 14.2. The molecular formula is C17H16N4O2S. The van der Waals surface area contributed by atoms with E-state index < -0.39 is 5.91 Å². The molecule has 0 aliphatic carbocycles. The summed E-state index contributed by atoms with van der Waals surface area (Å²) in [7, 11) is 1.75. The molecule has 1 amide bonds. The largest absolute Gasteiger partial charge is 0.494 e. The SMILES string of the molecule is C#CCn1c(=NC(=O)c2nccn2C)sc2cc(OCC)ccc21. The summed E-state index contributed by atoms with van der Waals surface area (Å²) in [6.07, 6.45) is 8.75. The van der Waals surface area contributed by atoms with Crippen LogP contribution in [0, 0.1) is 12.3 Å². The molecule has 0 saturated heterocycles. The van der Waals surface area contributed by atoms with E-state index in [2.05, 4.69) is 15.9 Å². The van der Waals surface area contributed by atoms with Crippen LogP contribution in [0.2, 0.25) is 0 Å². The van der Waals surface area contributed by atoms with Gasteiger partial charge in [-0.05, 0) is 25.1 Å². The lowest BCUT2D eigenvalue weighted by Crippen LogP contribution is -2.17. The van der Waals surface area contributed by atoms with E-state index in [9.17, 15) is 4.79 Å². The molecule has 0 bridgehead atoms. The minimum absolute atomic E-state index is 0.287. The molecule has 0 aliphatic heterocycles. The first kappa shape index (κ1) is 16.0. The maximum Gasteiger partial charge on any atom is 0.315 e. The summed E-state index contributed by atoms with van der Waals surface area (Å²) in [6.45, 7) is 2.86. The highest BCUT2D eigenvalue weighted by Crippen LogP contribution is 2.23. The molecule has 24 heavy (non-hydrogen) atoms. The van der Waals surface area contributed by atoms with Crippen molar-refractivity contribution in [2.24, 2.45) is 12.0 Å². The molecule has 0 aliphatic rings. The zero-order valence-electron chi connectivity index (χ0n) is 13.4. The van der Waals surface area contributed by atoms with Gasteiger partial charge in [-0.3, -0.25) is 4.79 Å². The Labute approximate surface area is 143 Å². The second-order valence-corrected chi connectivity index (χ2v) is 6.03. The molecule has 7 heteroatoms. The van der Waals surface area contributed by atoms with Crippen LogP contribution in [0.25, 0.3) is 10.2 Å². The van der Waals surface area contributed by atoms with Crippen LogP contribution in [-0.2, 0) is 13.6 Å². The van der Waals surface area contributed by atoms with Crippen LogP contribution < -0.4 is 9.54 Å². The third-order valence-corrected chi connectivity index (χ3v) is 4.47. The average Bonchev–Trinajstić information content (AvgIpc) is 3.12. The first-order chi connectivity index (χ1) is 11.6. The normalized spacial score (nSPS) is 11.6. The van der Waals surface area contributed by atoms with E-state index in [0.29, 0.717) is 18.0 Å². The number of hydrogen-bond donors (Lipinski definition) is 0. The van der Waals surface area contributed by atoms with E-state index >= 15 is 0 Å². The van der Waals surface area contributed by atoms with Gasteiger partial charge in [0, 0.05) is 19.4 Å². The third-order valence-electron chi connectivity index (χ3n) is 3.42. The number of fused-ring (bicyclic) bond motifs is 1. The highest BCUT2D eigenvalue weighted by molar-refractivity contribution is 7.16. The number of aryl methyl sites for hydroxylation is 1. The maximum atomic E-state index is 12.4. The summed E-state index contributed by atoms with van der Waals surface area (Å²) >= 11 is 1.40. The van der Waals surface area contributed by atoms with Gasteiger partial charge in [-0.15, -0.1) is 6.42 Å². The summed E-state index contributed by atoms with van der Waals surface area (Å²) < 4.78 is 9.97. The lowest BCUT2D eigenvalue weighted by molar-refractivity contribution is 0.0985. The zero-order chi connectivity index (χ0) is 17.1. The molecule has 1 aromatic carbocycles. The summed E-state index contributed by atoms with van der Waals surface area (Å²) in [5, 5.41) is 0. The number of aromatic nitrogens is 3. The molecule has 122 valence electrons. The maximum absolute atomic E-state index is 12.4. The topological polar surface area (TPSA) is 61.4 Å². The monoisotopic (exact) mass is 340 g/mol. The van der Waals surface area contributed by atoms with Crippen molar-refractivity contribution < 1.29 is 9.53 Å². The Bertz CT molecular complexity index is 1000. The fraction of sp³-hybridized carbons (Fsp3) is 0.235. The second kappa shape index (κ2) is 6.72. The van der Waals surface area contributed by atoms with Gasteiger partial charge in [0.2, 0.25) is 5.82 Å². The van der Waals surface area contributed by atoms with Crippen molar-refractivity contribution in [3.63, 3.8) is 0 Å². The van der Waals surface area contributed by atoms with Gasteiger partial charge in [-0.1, -0.05) is 17.3 Å². The van der Waals surface area contributed by atoms with Crippen LogP contribution in [0.4, 0.5) is 0 Å². The molecule has 0 spiro atoms. The van der Waals surface area contributed by atoms with Crippen molar-refractivity contribution in [2.75, 3.05) is 6.61 Å². The van der Waals surface area contributed by atoms with Gasteiger partial charge in [-0.2, -0.15) is 4.99 Å². The smallest absolute Gasteiger partial charge is 0.315 e. The predicted octanol–water partition coefficient (Wildman–Crippen LogP) is 2.21. The number of hydrogen-bond acceptors (Lipinski definition) is 4. The van der Waals surface area contributed by atoms with Crippen molar-refractivity contribution in [3.05, 3.63) is 41.2 Å². The van der Waals surface area contributed by atoms with Gasteiger partial charge < -0.3 is 13.9 Å². The van der Waals surface area contributed by atoms with Crippen molar-refractivity contribution in [3.8, 4) is 18.1 Å². The molecule has 6 nitrogen and oxygen atoms in total. The Balaban J connectivity index is 2.14. The molecule has 0 unspecified atom stereocenters. The van der Waals surface area contributed by atoms with Crippen LogP contribution in [0.1, 0.15) is 17.5 Å². The van der Waals surface area contributed by atoms with Crippen LogP contribution >= 0.6 is 11.3 Å². The number of rotatable bonds is 4. The van der Waals surface area contributed by atoms with E-state index in [4.69, 9.17) is 11.2 Å². The minimum atomic E-state index is -0.398. The number of benzene rings is 1. The first-order valence-corrected chi connectivity index (χ1v) is 8.21. The summed E-state index contributed by atoms with van der Waals surface area (Å²) in [6, 6.07) is 5.75. The van der Waals surface area contributed by atoms with E-state index in [1.165, 1.54) is 11.3 Å². The predicted molar refractivity (Wildman–Crippen MR) is 92.9 cm³/mol. The number of imidazole rings is 1. The Morgan fingerprint density at radius 2 is 2.33 bits per heavy atom. The van der Waals surface area contributed by atoms with Gasteiger partial charge >= 0.3 is 5.91 Å². The van der Waals surface area contributed by atoms with E-state index in [0.717, 1.165) is 16.0 Å². The number of carbonyl (C=O) groups is 1. The van der Waals surface area contributed by atoms with E-state index in [1.54, 1.807) is 24.0 Å². The van der Waals surface area contributed by atoms with Crippen LogP contribution in [0.15, 0.2) is 35.6 Å². The minimum Gasteiger partial charge on any atom is -0.494 e. The van der Waals surface area contributed by atoms with Crippen molar-refractivity contribution in [1.82, 2.24) is 14.1 Å². The lowest BCUT2D eigenvalue weighted by Gasteiger charge is -2.03. The summed E-state index contributed by atoms with van der Waals surface area (Å²) in [5.74, 6) is 3.28. The Kier molecular flexibility index (Phi) is 4.49. The third kappa shape index (κ3) is 2.96. The Hall–Kier alpha value is -2.85. The fourth-order valence-corrected chi connectivity index (χ4v) is 3.40. The van der Waals surface area contributed by atoms with Gasteiger partial charge in [0.1, 0.15) is 5.75 Å². The molecule has 0 N–H and O–H groups in total. The van der Waals surface area contributed by atoms with Gasteiger partial charge in [0.05, 0.1) is 23.4 Å². The number of carbonyl (C=O) groups excluding carboxylic acids is 1. The van der Waals surface area contributed by atoms with E-state index in [-0.39, 0.29) is 5.82 Å². The quantitative estimate of drug-likeness (QED) is 0.684. The molecule has 2 aromatic heterocycles.